The second-order valence-electron chi connectivity index (χ2n) is 3.88. The number of thioether (sulfide) groups is 1. The summed E-state index contributed by atoms with van der Waals surface area (Å²) >= 11 is 6.96. The van der Waals surface area contributed by atoms with Crippen molar-refractivity contribution in [2.45, 2.75) is 5.03 Å². The van der Waals surface area contributed by atoms with Crippen molar-refractivity contribution < 1.29 is 0 Å². The van der Waals surface area contributed by atoms with Crippen LogP contribution in [-0.4, -0.2) is 22.1 Å². The number of anilines is 1. The van der Waals surface area contributed by atoms with Crippen LogP contribution in [0.15, 0.2) is 39.2 Å². The van der Waals surface area contributed by atoms with E-state index in [1.165, 1.54) is 18.0 Å². The molecule has 2 rings (SSSR count). The van der Waals surface area contributed by atoms with Crippen LogP contribution >= 0.6 is 23.4 Å². The lowest BCUT2D eigenvalue weighted by atomic mass is 10.2. The summed E-state index contributed by atoms with van der Waals surface area (Å²) in [6.45, 7) is 0. The molecule has 0 bridgehead atoms. The molecule has 0 saturated carbocycles. The van der Waals surface area contributed by atoms with Gasteiger partial charge in [-0.15, -0.1) is 11.8 Å². The third-order valence-corrected chi connectivity index (χ3v) is 3.48. The van der Waals surface area contributed by atoms with Crippen LogP contribution in [0.5, 0.6) is 0 Å². The smallest absolute Gasteiger partial charge is 0.294 e. The first-order chi connectivity index (χ1) is 10.1. The van der Waals surface area contributed by atoms with E-state index in [-0.39, 0.29) is 16.5 Å². The van der Waals surface area contributed by atoms with Crippen LogP contribution in [0.3, 0.4) is 0 Å². The molecular formula is C13H10ClN5OS. The lowest BCUT2D eigenvalue weighted by Crippen LogP contribution is -2.24. The molecule has 8 heteroatoms. The van der Waals surface area contributed by atoms with Crippen LogP contribution in [0, 0.1) is 11.3 Å². The molecule has 106 valence electrons. The van der Waals surface area contributed by atoms with Gasteiger partial charge < -0.3 is 5.73 Å². The summed E-state index contributed by atoms with van der Waals surface area (Å²) in [5, 5.41) is 13.9. The molecule has 0 aliphatic carbocycles. The highest BCUT2D eigenvalue weighted by molar-refractivity contribution is 7.98. The number of nitrogen functional groups attached to an aromatic ring is 1. The highest BCUT2D eigenvalue weighted by atomic mass is 35.5. The number of nitriles is 1. The van der Waals surface area contributed by atoms with Crippen molar-refractivity contribution >= 4 is 35.5 Å². The fraction of sp³-hybridized carbons (Fsp3) is 0.0769. The third kappa shape index (κ3) is 3.24. The van der Waals surface area contributed by atoms with Crippen LogP contribution in [0.4, 0.5) is 5.95 Å². The summed E-state index contributed by atoms with van der Waals surface area (Å²) in [4.78, 5) is 16.1. The Bertz CT molecular complexity index is 792. The molecule has 21 heavy (non-hydrogen) atoms. The van der Waals surface area contributed by atoms with Gasteiger partial charge in [0.1, 0.15) is 11.1 Å². The summed E-state index contributed by atoms with van der Waals surface area (Å²) < 4.78 is 0.896. The second kappa shape index (κ2) is 6.43. The van der Waals surface area contributed by atoms with Crippen molar-refractivity contribution in [3.63, 3.8) is 0 Å². The summed E-state index contributed by atoms with van der Waals surface area (Å²) in [7, 11) is 0. The van der Waals surface area contributed by atoms with Crippen molar-refractivity contribution in [1.82, 2.24) is 9.66 Å². The van der Waals surface area contributed by atoms with Crippen molar-refractivity contribution in [2.24, 2.45) is 5.10 Å². The molecule has 0 radical (unpaired) electrons. The second-order valence-corrected chi connectivity index (χ2v) is 5.11. The molecule has 1 aromatic carbocycles. The first-order valence-electron chi connectivity index (χ1n) is 5.73. The van der Waals surface area contributed by atoms with E-state index in [9.17, 15) is 4.79 Å². The molecule has 6 nitrogen and oxygen atoms in total. The van der Waals surface area contributed by atoms with Gasteiger partial charge in [0.25, 0.3) is 5.56 Å². The zero-order chi connectivity index (χ0) is 15.4. The van der Waals surface area contributed by atoms with E-state index in [0.717, 1.165) is 10.2 Å². The first-order valence-corrected chi connectivity index (χ1v) is 7.33. The Labute approximate surface area is 129 Å². The first kappa shape index (κ1) is 15.1. The maximum Gasteiger partial charge on any atom is 0.294 e. The Balaban J connectivity index is 2.48. The third-order valence-electron chi connectivity index (χ3n) is 2.55. The highest BCUT2D eigenvalue weighted by Crippen LogP contribution is 2.15. The minimum absolute atomic E-state index is 0.0754. The zero-order valence-corrected chi connectivity index (χ0v) is 12.5. The molecular weight excluding hydrogens is 310 g/mol. The number of nitrogens with zero attached hydrogens (tertiary/aromatic N) is 4. The largest absolute Gasteiger partial charge is 0.368 e. The van der Waals surface area contributed by atoms with Crippen molar-refractivity contribution in [3.05, 3.63) is 50.8 Å². The molecule has 2 N–H and O–H groups in total. The number of hydrogen-bond donors (Lipinski definition) is 1. The Morgan fingerprint density at radius 3 is 2.71 bits per heavy atom. The van der Waals surface area contributed by atoms with Gasteiger partial charge in [0.15, 0.2) is 5.56 Å². The van der Waals surface area contributed by atoms with Crippen LogP contribution in [-0.2, 0) is 0 Å². The Hall–Kier alpha value is -2.30. The van der Waals surface area contributed by atoms with E-state index >= 15 is 0 Å². The molecule has 0 fully saturated rings. The predicted octanol–water partition coefficient (Wildman–Crippen LogP) is 1.95. The number of aromatic nitrogens is 2. The molecule has 0 unspecified atom stereocenters. The summed E-state index contributed by atoms with van der Waals surface area (Å²) in [5.41, 5.74) is 5.76. The topological polar surface area (TPSA) is 97.1 Å². The monoisotopic (exact) mass is 319 g/mol. The molecule has 0 atom stereocenters. The summed E-state index contributed by atoms with van der Waals surface area (Å²) in [6.07, 6.45) is 3.15. The van der Waals surface area contributed by atoms with Gasteiger partial charge in [0.05, 0.1) is 6.21 Å². The number of nitrogens with two attached hydrogens (primary N) is 1. The van der Waals surface area contributed by atoms with Crippen LogP contribution < -0.4 is 11.3 Å². The van der Waals surface area contributed by atoms with Gasteiger partial charge in [0.2, 0.25) is 5.95 Å². The molecule has 2 aromatic rings. The Kier molecular flexibility index (Phi) is 4.62. The van der Waals surface area contributed by atoms with E-state index in [0.29, 0.717) is 5.02 Å². The van der Waals surface area contributed by atoms with Gasteiger partial charge in [-0.1, -0.05) is 23.7 Å². The fourth-order valence-corrected chi connectivity index (χ4v) is 2.18. The van der Waals surface area contributed by atoms with Gasteiger partial charge in [-0.05, 0) is 24.0 Å². The molecule has 0 saturated heterocycles. The average molecular weight is 320 g/mol. The van der Waals surface area contributed by atoms with Crippen LogP contribution in [0.2, 0.25) is 5.02 Å². The van der Waals surface area contributed by atoms with Crippen LogP contribution in [0.25, 0.3) is 0 Å². The zero-order valence-electron chi connectivity index (χ0n) is 10.9. The van der Waals surface area contributed by atoms with Gasteiger partial charge in [-0.25, -0.2) is 4.98 Å². The van der Waals surface area contributed by atoms with E-state index in [4.69, 9.17) is 22.6 Å². The number of hydrogen-bond acceptors (Lipinski definition) is 6. The number of rotatable bonds is 3. The number of benzene rings is 1. The summed E-state index contributed by atoms with van der Waals surface area (Å²) in [5.74, 6) is -0.0754. The van der Waals surface area contributed by atoms with Crippen LogP contribution in [0.1, 0.15) is 11.1 Å². The summed E-state index contributed by atoms with van der Waals surface area (Å²) in [6, 6.07) is 8.70. The van der Waals surface area contributed by atoms with Crippen molar-refractivity contribution in [3.8, 4) is 6.07 Å². The minimum atomic E-state index is -0.598. The van der Waals surface area contributed by atoms with Gasteiger partial charge in [-0.2, -0.15) is 15.0 Å². The standard InChI is InChI=1S/C13H10ClN5OS/c1-21-11-10(6-15)12(20)19(13(16)18-11)17-7-8-2-4-9(14)5-3-8/h2-5,7H,1H3,(H2,16,18)/b17-7+. The van der Waals surface area contributed by atoms with Gasteiger partial charge in [0, 0.05) is 5.02 Å². The molecule has 0 aliphatic heterocycles. The van der Waals surface area contributed by atoms with E-state index in [1.54, 1.807) is 30.5 Å². The van der Waals surface area contributed by atoms with E-state index < -0.39 is 5.56 Å². The normalized spacial score (nSPS) is 10.7. The maximum absolute atomic E-state index is 12.1. The van der Waals surface area contributed by atoms with Gasteiger partial charge in [-0.3, -0.25) is 4.79 Å². The molecule has 0 spiro atoms. The lowest BCUT2D eigenvalue weighted by molar-refractivity contribution is 0.789. The molecule has 1 aromatic heterocycles. The molecule has 1 heterocycles. The lowest BCUT2D eigenvalue weighted by Gasteiger charge is -2.05. The maximum atomic E-state index is 12.1. The molecule has 0 amide bonds. The SMILES string of the molecule is CSc1nc(N)n(/N=C/c2ccc(Cl)cc2)c(=O)c1C#N. The quantitative estimate of drug-likeness (QED) is 0.530. The van der Waals surface area contributed by atoms with E-state index in [1.807, 2.05) is 6.07 Å². The fourth-order valence-electron chi connectivity index (χ4n) is 1.54. The number of halogens is 1. The highest BCUT2D eigenvalue weighted by Gasteiger charge is 2.13. The molecule has 0 aliphatic rings. The van der Waals surface area contributed by atoms with Gasteiger partial charge >= 0.3 is 0 Å². The predicted molar refractivity (Wildman–Crippen MR) is 83.8 cm³/mol. The minimum Gasteiger partial charge on any atom is -0.368 e. The van der Waals surface area contributed by atoms with Crippen molar-refractivity contribution in [2.75, 3.05) is 12.0 Å². The van der Waals surface area contributed by atoms with E-state index in [2.05, 4.69) is 10.1 Å². The van der Waals surface area contributed by atoms with Crippen molar-refractivity contribution in [1.29, 1.82) is 5.26 Å². The average Bonchev–Trinajstić information content (AvgIpc) is 2.48. The Morgan fingerprint density at radius 1 is 1.48 bits per heavy atom. The Morgan fingerprint density at radius 2 is 2.14 bits per heavy atom.